The Morgan fingerprint density at radius 2 is 2.06 bits per heavy atom. The highest BCUT2D eigenvalue weighted by Crippen LogP contribution is 2.24. The van der Waals surface area contributed by atoms with Gasteiger partial charge in [0.1, 0.15) is 6.10 Å². The van der Waals surface area contributed by atoms with E-state index in [2.05, 4.69) is 5.32 Å². The minimum absolute atomic E-state index is 0.168. The van der Waals surface area contributed by atoms with Crippen LogP contribution >= 0.6 is 0 Å². The summed E-state index contributed by atoms with van der Waals surface area (Å²) in [5.41, 5.74) is 1.93. The number of nitrogens with two attached hydrogens (primary N) is 1. The molecular weight excluding hydrogens is 230 g/mol. The molecule has 1 heterocycles. The summed E-state index contributed by atoms with van der Waals surface area (Å²) in [5, 5.41) is 2.39. The number of hydrazine groups is 1. The Bertz CT molecular complexity index is 288. The molecule has 1 saturated heterocycles. The largest absolute Gasteiger partial charge is 0.377 e. The molecule has 1 aliphatic rings. The van der Waals surface area contributed by atoms with Gasteiger partial charge in [0.25, 0.3) is 11.7 Å². The zero-order chi connectivity index (χ0) is 12.9. The van der Waals surface area contributed by atoms with Gasteiger partial charge in [0, 0.05) is 14.2 Å². The van der Waals surface area contributed by atoms with Crippen LogP contribution in [0, 0.1) is 0 Å². The van der Waals surface area contributed by atoms with Gasteiger partial charge in [-0.25, -0.2) is 5.84 Å². The summed E-state index contributed by atoms with van der Waals surface area (Å²) in [5.74, 6) is 2.26. The molecule has 4 N–H and O–H groups in total. The predicted octanol–water partition coefficient (Wildman–Crippen LogP) is -2.13. The zero-order valence-electron chi connectivity index (χ0n) is 9.82. The lowest BCUT2D eigenvalue weighted by atomic mass is 10.1. The van der Waals surface area contributed by atoms with E-state index in [4.69, 9.17) is 20.1 Å². The van der Waals surface area contributed by atoms with Crippen molar-refractivity contribution in [2.75, 3.05) is 27.4 Å². The van der Waals surface area contributed by atoms with Crippen LogP contribution in [0.3, 0.4) is 0 Å². The number of likely N-dealkylation sites (N-methyl/N-ethyl adjacent to an activating group) is 1. The first kappa shape index (κ1) is 13.8. The van der Waals surface area contributed by atoms with Gasteiger partial charge < -0.3 is 19.5 Å². The van der Waals surface area contributed by atoms with Gasteiger partial charge in [-0.15, -0.1) is 0 Å². The SMILES string of the molecule is CNC(=O)C1(CC(=O)NN)OCC(OC)CO1. The van der Waals surface area contributed by atoms with Crippen molar-refractivity contribution < 1.29 is 23.8 Å². The molecule has 0 radical (unpaired) electrons. The van der Waals surface area contributed by atoms with Crippen LogP contribution in [-0.4, -0.2) is 51.1 Å². The normalized spacial score (nSPS) is 28.5. The van der Waals surface area contributed by atoms with E-state index in [1.807, 2.05) is 5.43 Å². The number of hydrogen-bond donors (Lipinski definition) is 3. The minimum atomic E-state index is -1.63. The molecule has 0 saturated carbocycles. The number of nitrogens with one attached hydrogen (secondary N) is 2. The molecule has 0 aromatic rings. The monoisotopic (exact) mass is 247 g/mol. The molecule has 1 rings (SSSR count). The maximum Gasteiger partial charge on any atom is 0.280 e. The second kappa shape index (κ2) is 5.92. The molecule has 0 atom stereocenters. The molecule has 0 aromatic carbocycles. The Morgan fingerprint density at radius 1 is 1.47 bits per heavy atom. The highest BCUT2D eigenvalue weighted by atomic mass is 16.7. The molecule has 1 aliphatic heterocycles. The number of carbonyl (C=O) groups is 2. The van der Waals surface area contributed by atoms with E-state index in [1.165, 1.54) is 14.2 Å². The lowest BCUT2D eigenvalue weighted by molar-refractivity contribution is -0.280. The molecule has 17 heavy (non-hydrogen) atoms. The van der Waals surface area contributed by atoms with Crippen molar-refractivity contribution in [2.24, 2.45) is 5.84 Å². The van der Waals surface area contributed by atoms with Gasteiger partial charge in [-0.1, -0.05) is 0 Å². The molecule has 0 bridgehead atoms. The van der Waals surface area contributed by atoms with Crippen LogP contribution in [0.15, 0.2) is 0 Å². The maximum absolute atomic E-state index is 11.7. The fraction of sp³-hybridized carbons (Fsp3) is 0.778. The van der Waals surface area contributed by atoms with Crippen LogP contribution in [0.4, 0.5) is 0 Å². The highest BCUT2D eigenvalue weighted by molar-refractivity contribution is 5.89. The van der Waals surface area contributed by atoms with Gasteiger partial charge in [-0.05, 0) is 0 Å². The molecule has 0 aromatic heterocycles. The lowest BCUT2D eigenvalue weighted by Gasteiger charge is -2.37. The van der Waals surface area contributed by atoms with Crippen molar-refractivity contribution in [3.63, 3.8) is 0 Å². The molecule has 98 valence electrons. The highest BCUT2D eigenvalue weighted by Gasteiger charge is 2.46. The van der Waals surface area contributed by atoms with Gasteiger partial charge >= 0.3 is 0 Å². The van der Waals surface area contributed by atoms with Crippen molar-refractivity contribution in [1.82, 2.24) is 10.7 Å². The van der Waals surface area contributed by atoms with Crippen LogP contribution in [0.2, 0.25) is 0 Å². The maximum atomic E-state index is 11.7. The molecule has 8 nitrogen and oxygen atoms in total. The quantitative estimate of drug-likeness (QED) is 0.297. The Hall–Kier alpha value is -1.22. The second-order valence-electron chi connectivity index (χ2n) is 3.56. The van der Waals surface area contributed by atoms with E-state index in [1.54, 1.807) is 0 Å². The smallest absolute Gasteiger partial charge is 0.280 e. The third kappa shape index (κ3) is 3.13. The Kier molecular flexibility index (Phi) is 4.82. The first-order valence-corrected chi connectivity index (χ1v) is 5.10. The average molecular weight is 247 g/mol. The zero-order valence-corrected chi connectivity index (χ0v) is 9.82. The summed E-state index contributed by atoms with van der Waals surface area (Å²) in [7, 11) is 2.94. The van der Waals surface area contributed by atoms with Crippen LogP contribution in [0.25, 0.3) is 0 Å². The van der Waals surface area contributed by atoms with Gasteiger partial charge in [-0.2, -0.15) is 0 Å². The second-order valence-corrected chi connectivity index (χ2v) is 3.56. The van der Waals surface area contributed by atoms with Crippen molar-refractivity contribution in [1.29, 1.82) is 0 Å². The topological polar surface area (TPSA) is 112 Å². The Morgan fingerprint density at radius 3 is 2.47 bits per heavy atom. The minimum Gasteiger partial charge on any atom is -0.377 e. The van der Waals surface area contributed by atoms with Crippen LogP contribution < -0.4 is 16.6 Å². The average Bonchev–Trinajstić information content (AvgIpc) is 2.38. The molecule has 2 amide bonds. The summed E-state index contributed by atoms with van der Waals surface area (Å²) in [6.07, 6.45) is -0.562. The summed E-state index contributed by atoms with van der Waals surface area (Å²) in [6, 6.07) is 0. The Labute approximate surface area is 98.7 Å². The number of rotatable bonds is 4. The van der Waals surface area contributed by atoms with Crippen LogP contribution in [0.5, 0.6) is 0 Å². The van der Waals surface area contributed by atoms with Gasteiger partial charge in [0.2, 0.25) is 5.91 Å². The van der Waals surface area contributed by atoms with E-state index >= 15 is 0 Å². The first-order valence-electron chi connectivity index (χ1n) is 5.10. The summed E-state index contributed by atoms with van der Waals surface area (Å²) >= 11 is 0. The lowest BCUT2D eigenvalue weighted by Crippen LogP contribution is -2.58. The van der Waals surface area contributed by atoms with Gasteiger partial charge in [0.05, 0.1) is 19.6 Å². The van der Waals surface area contributed by atoms with Crippen molar-refractivity contribution in [3.8, 4) is 0 Å². The molecule has 8 heteroatoms. The van der Waals surface area contributed by atoms with E-state index in [-0.39, 0.29) is 25.7 Å². The Balaban J connectivity index is 2.74. The number of amides is 2. The molecule has 0 aliphatic carbocycles. The number of ether oxygens (including phenoxy) is 3. The predicted molar refractivity (Wildman–Crippen MR) is 56.4 cm³/mol. The summed E-state index contributed by atoms with van der Waals surface area (Å²) in [4.78, 5) is 23.0. The standard InChI is InChI=1S/C9H17N3O5/c1-11-8(14)9(3-7(13)12-10)16-4-6(15-2)5-17-9/h6H,3-5,10H2,1-2H3,(H,11,14)(H,12,13). The summed E-state index contributed by atoms with van der Waals surface area (Å²) in [6.45, 7) is 0.337. The fourth-order valence-corrected chi connectivity index (χ4v) is 1.45. The third-order valence-corrected chi connectivity index (χ3v) is 2.47. The first-order chi connectivity index (χ1) is 8.07. The molecular formula is C9H17N3O5. The fourth-order valence-electron chi connectivity index (χ4n) is 1.45. The van der Waals surface area contributed by atoms with E-state index in [0.717, 1.165) is 0 Å². The van der Waals surface area contributed by atoms with Crippen molar-refractivity contribution >= 4 is 11.8 Å². The van der Waals surface area contributed by atoms with E-state index in [9.17, 15) is 9.59 Å². The molecule has 0 spiro atoms. The third-order valence-electron chi connectivity index (χ3n) is 2.47. The van der Waals surface area contributed by atoms with Crippen LogP contribution in [0.1, 0.15) is 6.42 Å². The summed E-state index contributed by atoms with van der Waals surface area (Å²) < 4.78 is 15.7. The van der Waals surface area contributed by atoms with Crippen LogP contribution in [-0.2, 0) is 23.8 Å². The molecule has 1 fully saturated rings. The van der Waals surface area contributed by atoms with Gasteiger partial charge in [-0.3, -0.25) is 15.0 Å². The van der Waals surface area contributed by atoms with Gasteiger partial charge in [0.15, 0.2) is 0 Å². The van der Waals surface area contributed by atoms with E-state index in [0.29, 0.717) is 0 Å². The molecule has 0 unspecified atom stereocenters. The number of hydrogen-bond acceptors (Lipinski definition) is 6. The van der Waals surface area contributed by atoms with Crippen molar-refractivity contribution in [3.05, 3.63) is 0 Å². The van der Waals surface area contributed by atoms with Crippen molar-refractivity contribution in [2.45, 2.75) is 18.3 Å². The number of carbonyl (C=O) groups excluding carboxylic acids is 2. The number of methoxy groups -OCH3 is 1. The van der Waals surface area contributed by atoms with E-state index < -0.39 is 17.6 Å².